The average molecular weight is 507 g/mol. The second kappa shape index (κ2) is 11.8. The summed E-state index contributed by atoms with van der Waals surface area (Å²) in [6.45, 7) is 9.25. The van der Waals surface area contributed by atoms with Crippen LogP contribution in [-0.4, -0.2) is 45.5 Å². The molecule has 7 heteroatoms. The van der Waals surface area contributed by atoms with Crippen LogP contribution in [0.5, 0.6) is 5.75 Å². The summed E-state index contributed by atoms with van der Waals surface area (Å²) in [5.74, 6) is 0.877. The molecule has 4 aromatic rings. The number of hydrogen-bond donors (Lipinski definition) is 0. The number of ether oxygens (including phenoxy) is 1. The van der Waals surface area contributed by atoms with Crippen LogP contribution in [-0.2, 0) is 6.54 Å². The summed E-state index contributed by atoms with van der Waals surface area (Å²) in [5, 5.41) is 5.65. The van der Waals surface area contributed by atoms with E-state index in [0.29, 0.717) is 0 Å². The summed E-state index contributed by atoms with van der Waals surface area (Å²) in [5.41, 5.74) is 4.97. The van der Waals surface area contributed by atoms with Crippen molar-refractivity contribution in [2.75, 3.05) is 26.2 Å². The van der Waals surface area contributed by atoms with Gasteiger partial charge in [0.05, 0.1) is 24.9 Å². The minimum Gasteiger partial charge on any atom is -0.494 e. The Labute approximate surface area is 218 Å². The van der Waals surface area contributed by atoms with Crippen LogP contribution in [0, 0.1) is 6.92 Å². The molecule has 0 unspecified atom stereocenters. The smallest absolute Gasteiger partial charge is 0.255 e. The number of unbranched alkanes of at least 4 members (excludes halogenated alkanes) is 1. The molecule has 36 heavy (non-hydrogen) atoms. The maximum absolute atomic E-state index is 13.1. The number of benzene rings is 2. The molecular formula is C29H35ClN4O2. The zero-order valence-corrected chi connectivity index (χ0v) is 22.0. The molecule has 190 valence electrons. The first-order valence-corrected chi connectivity index (χ1v) is 12.8. The Morgan fingerprint density at radius 2 is 1.83 bits per heavy atom. The lowest BCUT2D eigenvalue weighted by Crippen LogP contribution is -2.24. The van der Waals surface area contributed by atoms with Crippen molar-refractivity contribution in [3.05, 3.63) is 76.8 Å². The van der Waals surface area contributed by atoms with Gasteiger partial charge in [-0.2, -0.15) is 5.10 Å². The highest BCUT2D eigenvalue weighted by Crippen LogP contribution is 2.27. The predicted molar refractivity (Wildman–Crippen MR) is 149 cm³/mol. The Balaban J connectivity index is 0.00000304. The van der Waals surface area contributed by atoms with Crippen molar-refractivity contribution in [3.63, 3.8) is 0 Å². The predicted octanol–water partition coefficient (Wildman–Crippen LogP) is 5.86. The van der Waals surface area contributed by atoms with Gasteiger partial charge in [0.25, 0.3) is 5.56 Å². The highest BCUT2D eigenvalue weighted by molar-refractivity contribution is 5.85. The van der Waals surface area contributed by atoms with Crippen LogP contribution in [0.15, 0.2) is 65.7 Å². The molecule has 1 fully saturated rings. The minimum atomic E-state index is -0.0500. The summed E-state index contributed by atoms with van der Waals surface area (Å²) in [6.07, 6.45) is 8.52. The van der Waals surface area contributed by atoms with Crippen LogP contribution in [0.2, 0.25) is 0 Å². The van der Waals surface area contributed by atoms with E-state index in [0.717, 1.165) is 71.6 Å². The Morgan fingerprint density at radius 1 is 1.00 bits per heavy atom. The third-order valence-electron chi connectivity index (χ3n) is 6.93. The lowest BCUT2D eigenvalue weighted by atomic mass is 10.0. The van der Waals surface area contributed by atoms with Gasteiger partial charge in [-0.15, -0.1) is 12.4 Å². The first-order chi connectivity index (χ1) is 17.1. The molecule has 0 radical (unpaired) electrons. The molecule has 1 aliphatic heterocycles. The molecule has 0 atom stereocenters. The van der Waals surface area contributed by atoms with Crippen molar-refractivity contribution in [1.82, 2.24) is 19.2 Å². The normalized spacial score (nSPS) is 13.7. The lowest BCUT2D eigenvalue weighted by molar-refractivity contribution is 0.309. The van der Waals surface area contributed by atoms with E-state index in [1.54, 1.807) is 10.6 Å². The Kier molecular flexibility index (Phi) is 8.49. The van der Waals surface area contributed by atoms with E-state index in [2.05, 4.69) is 34.6 Å². The molecule has 0 N–H and O–H groups in total. The number of aryl methyl sites for hydroxylation is 1. The monoisotopic (exact) mass is 506 g/mol. The molecular weight excluding hydrogens is 472 g/mol. The standard InChI is InChI=1S/C29H34N4O2.ClH/c1-3-4-17-35-26-8-9-27(22(2)18-26)23-11-14-32(29(34)20-23)25-7-10-28-24(19-25)21-30-33(28)16-15-31-12-5-6-13-31;/h7-11,14,18-21H,3-6,12-13,15-17H2,1-2H3;1H. The van der Waals surface area contributed by atoms with Gasteiger partial charge >= 0.3 is 0 Å². The first-order valence-electron chi connectivity index (χ1n) is 12.8. The van der Waals surface area contributed by atoms with E-state index in [9.17, 15) is 4.79 Å². The van der Waals surface area contributed by atoms with E-state index in [1.165, 1.54) is 25.9 Å². The fraction of sp³-hybridized carbons (Fsp3) is 0.379. The molecule has 3 heterocycles. The highest BCUT2D eigenvalue weighted by Gasteiger charge is 2.13. The van der Waals surface area contributed by atoms with E-state index >= 15 is 0 Å². The number of pyridine rings is 1. The van der Waals surface area contributed by atoms with Crippen molar-refractivity contribution in [3.8, 4) is 22.6 Å². The molecule has 6 nitrogen and oxygen atoms in total. The zero-order valence-electron chi connectivity index (χ0n) is 21.2. The number of likely N-dealkylation sites (tertiary alicyclic amines) is 1. The molecule has 0 bridgehead atoms. The van der Waals surface area contributed by atoms with Crippen molar-refractivity contribution >= 4 is 23.3 Å². The van der Waals surface area contributed by atoms with Gasteiger partial charge in [0.1, 0.15) is 5.75 Å². The van der Waals surface area contributed by atoms with Crippen molar-refractivity contribution in [1.29, 1.82) is 0 Å². The maximum Gasteiger partial charge on any atom is 0.255 e. The summed E-state index contributed by atoms with van der Waals surface area (Å²) < 4.78 is 9.59. The number of hydrogen-bond acceptors (Lipinski definition) is 4. The largest absolute Gasteiger partial charge is 0.494 e. The van der Waals surface area contributed by atoms with Gasteiger partial charge in [-0.1, -0.05) is 19.4 Å². The van der Waals surface area contributed by atoms with E-state index in [4.69, 9.17) is 4.74 Å². The fourth-order valence-corrected chi connectivity index (χ4v) is 4.89. The molecule has 0 amide bonds. The SMILES string of the molecule is CCCCOc1ccc(-c2ccn(-c3ccc4c(cnn4CCN4CCCC4)c3)c(=O)c2)c(C)c1.Cl. The molecule has 0 saturated carbocycles. The number of nitrogens with zero attached hydrogens (tertiary/aromatic N) is 4. The Hall–Kier alpha value is -3.09. The topological polar surface area (TPSA) is 52.3 Å². The Morgan fingerprint density at radius 3 is 2.58 bits per heavy atom. The van der Waals surface area contributed by atoms with E-state index in [-0.39, 0.29) is 18.0 Å². The minimum absolute atomic E-state index is 0. The van der Waals surface area contributed by atoms with Crippen LogP contribution in [0.4, 0.5) is 0 Å². The quantitative estimate of drug-likeness (QED) is 0.267. The maximum atomic E-state index is 13.1. The van der Waals surface area contributed by atoms with E-state index in [1.807, 2.05) is 48.8 Å². The number of rotatable bonds is 9. The lowest BCUT2D eigenvalue weighted by Gasteiger charge is -2.14. The van der Waals surface area contributed by atoms with Crippen LogP contribution < -0.4 is 10.3 Å². The van der Waals surface area contributed by atoms with Gasteiger partial charge in [0, 0.05) is 29.9 Å². The number of aromatic nitrogens is 3. The second-order valence-electron chi connectivity index (χ2n) is 9.46. The summed E-state index contributed by atoms with van der Waals surface area (Å²) in [6, 6.07) is 15.9. The van der Waals surface area contributed by atoms with Crippen molar-refractivity contribution in [2.45, 2.75) is 46.1 Å². The van der Waals surface area contributed by atoms with E-state index < -0.39 is 0 Å². The summed E-state index contributed by atoms with van der Waals surface area (Å²) >= 11 is 0. The molecule has 2 aromatic carbocycles. The number of halogens is 1. The summed E-state index contributed by atoms with van der Waals surface area (Å²) in [7, 11) is 0. The van der Waals surface area contributed by atoms with Gasteiger partial charge in [-0.3, -0.25) is 14.0 Å². The van der Waals surface area contributed by atoms with Gasteiger partial charge in [-0.25, -0.2) is 0 Å². The highest BCUT2D eigenvalue weighted by atomic mass is 35.5. The van der Waals surface area contributed by atoms with Crippen LogP contribution in [0.25, 0.3) is 27.7 Å². The molecule has 1 saturated heterocycles. The molecule has 2 aromatic heterocycles. The van der Waals surface area contributed by atoms with Crippen molar-refractivity contribution < 1.29 is 4.74 Å². The fourth-order valence-electron chi connectivity index (χ4n) is 4.89. The molecule has 1 aliphatic rings. The molecule has 0 aliphatic carbocycles. The second-order valence-corrected chi connectivity index (χ2v) is 9.46. The Bertz CT molecular complexity index is 1370. The third kappa shape index (κ3) is 5.66. The molecule has 0 spiro atoms. The van der Waals surface area contributed by atoms with Crippen LogP contribution >= 0.6 is 12.4 Å². The van der Waals surface area contributed by atoms with Crippen LogP contribution in [0.1, 0.15) is 38.2 Å². The molecule has 5 rings (SSSR count). The van der Waals surface area contributed by atoms with Crippen LogP contribution in [0.3, 0.4) is 0 Å². The summed E-state index contributed by atoms with van der Waals surface area (Å²) in [4.78, 5) is 15.6. The third-order valence-corrected chi connectivity index (χ3v) is 6.93. The zero-order chi connectivity index (χ0) is 24.2. The first kappa shape index (κ1) is 26.0. The van der Waals surface area contributed by atoms with Gasteiger partial charge < -0.3 is 9.64 Å². The number of fused-ring (bicyclic) bond motifs is 1. The van der Waals surface area contributed by atoms with Gasteiger partial charge in [0.2, 0.25) is 0 Å². The van der Waals surface area contributed by atoms with Gasteiger partial charge in [-0.05, 0) is 92.4 Å². The van der Waals surface area contributed by atoms with Gasteiger partial charge in [0.15, 0.2) is 0 Å². The average Bonchev–Trinajstić information content (AvgIpc) is 3.52. The van der Waals surface area contributed by atoms with Crippen molar-refractivity contribution in [2.24, 2.45) is 0 Å².